The van der Waals surface area contributed by atoms with E-state index in [1.165, 1.54) is 37.7 Å². The summed E-state index contributed by atoms with van der Waals surface area (Å²) >= 11 is 0. The second-order valence-electron chi connectivity index (χ2n) is 6.65. The maximum Gasteiger partial charge on any atom is -0.0104 e. The first-order valence-electron chi connectivity index (χ1n) is 9.23. The molecule has 4 aromatic rings. The lowest BCUT2D eigenvalue weighted by atomic mass is 10.0. The summed E-state index contributed by atoms with van der Waals surface area (Å²) in [6.45, 7) is 3.87. The molecule has 0 aliphatic carbocycles. The molecule has 0 bridgehead atoms. The van der Waals surface area contributed by atoms with Crippen LogP contribution < -0.4 is 10.6 Å². The second kappa shape index (κ2) is 7.85. The van der Waals surface area contributed by atoms with Crippen LogP contribution in [0, 0.1) is 0 Å². The van der Waals surface area contributed by atoms with Crippen molar-refractivity contribution in [2.75, 3.05) is 0 Å². The molecule has 1 unspecified atom stereocenters. The van der Waals surface area contributed by atoms with Crippen LogP contribution in [0.25, 0.3) is 21.5 Å². The lowest BCUT2D eigenvalue weighted by molar-refractivity contribution is 0.849. The summed E-state index contributed by atoms with van der Waals surface area (Å²) < 4.78 is 0. The predicted octanol–water partition coefficient (Wildman–Crippen LogP) is 6.13. The van der Waals surface area contributed by atoms with Gasteiger partial charge in [-0.3, -0.25) is 0 Å². The molecule has 26 heavy (non-hydrogen) atoms. The van der Waals surface area contributed by atoms with Crippen molar-refractivity contribution in [1.29, 1.82) is 0 Å². The third kappa shape index (κ3) is 3.43. The number of rotatable bonds is 6. The third-order valence-electron chi connectivity index (χ3n) is 4.92. The van der Waals surface area contributed by atoms with Crippen LogP contribution in [0.2, 0.25) is 0 Å². The molecule has 0 fully saturated rings. The molecular weight excluding hydrogens is 331 g/mol. The molecule has 0 aromatic heterocycles. The molecule has 0 aliphatic rings. The fraction of sp³-hybridized carbons (Fsp3) is 0.120. The monoisotopic (exact) mass is 354 g/mol. The highest BCUT2D eigenvalue weighted by Gasteiger charge is 2.10. The topological polar surface area (TPSA) is 0 Å². The van der Waals surface area contributed by atoms with Gasteiger partial charge in [-0.2, -0.15) is 0 Å². The number of hydrogen-bond donors (Lipinski definition) is 0. The lowest BCUT2D eigenvalue weighted by Gasteiger charge is -2.15. The van der Waals surface area contributed by atoms with Gasteiger partial charge in [0, 0.05) is 0 Å². The van der Waals surface area contributed by atoms with E-state index < -0.39 is 0 Å². The fourth-order valence-corrected chi connectivity index (χ4v) is 5.12. The van der Waals surface area contributed by atoms with Gasteiger partial charge < -0.3 is 0 Å². The van der Waals surface area contributed by atoms with Gasteiger partial charge in [-0.15, -0.1) is 6.58 Å². The predicted molar refractivity (Wildman–Crippen MR) is 119 cm³/mol. The van der Waals surface area contributed by atoms with Gasteiger partial charge in [-0.25, -0.2) is 0 Å². The van der Waals surface area contributed by atoms with Gasteiger partial charge in [-0.1, -0.05) is 93.5 Å². The summed E-state index contributed by atoms with van der Waals surface area (Å²) in [6.07, 6.45) is 5.37. The molecule has 0 amide bonds. The Hall–Kier alpha value is -2.43. The number of fused-ring (bicyclic) bond motifs is 2. The molecule has 0 saturated carbocycles. The average molecular weight is 354 g/mol. The molecule has 0 aliphatic heterocycles. The van der Waals surface area contributed by atoms with E-state index in [0.29, 0.717) is 8.58 Å². The maximum absolute atomic E-state index is 3.87. The van der Waals surface area contributed by atoms with Crippen molar-refractivity contribution >= 4 is 40.7 Å². The van der Waals surface area contributed by atoms with Crippen LogP contribution in [-0.2, 0) is 6.42 Å². The van der Waals surface area contributed by atoms with Crippen molar-refractivity contribution in [3.63, 3.8) is 0 Å². The zero-order valence-corrected chi connectivity index (χ0v) is 15.9. The van der Waals surface area contributed by atoms with Gasteiger partial charge >= 0.3 is 0 Å². The highest BCUT2D eigenvalue weighted by atomic mass is 31.1. The van der Waals surface area contributed by atoms with Crippen LogP contribution >= 0.6 is 8.58 Å². The lowest BCUT2D eigenvalue weighted by Crippen LogP contribution is -2.11. The van der Waals surface area contributed by atoms with Gasteiger partial charge in [0.1, 0.15) is 0 Å². The summed E-state index contributed by atoms with van der Waals surface area (Å²) in [7, 11) is 0.669. The Labute approximate surface area is 157 Å². The Morgan fingerprint density at radius 1 is 0.731 bits per heavy atom. The highest BCUT2D eigenvalue weighted by molar-refractivity contribution is 7.56. The first-order valence-corrected chi connectivity index (χ1v) is 10.2. The Morgan fingerprint density at radius 2 is 1.42 bits per heavy atom. The maximum atomic E-state index is 3.87. The molecule has 0 N–H and O–H groups in total. The normalized spacial score (nSPS) is 11.5. The van der Waals surface area contributed by atoms with E-state index in [1.54, 1.807) is 0 Å². The van der Waals surface area contributed by atoms with Gasteiger partial charge in [0.15, 0.2) is 0 Å². The Kier molecular flexibility index (Phi) is 5.14. The van der Waals surface area contributed by atoms with Crippen LogP contribution in [-0.4, -0.2) is 0 Å². The average Bonchev–Trinajstić information content (AvgIpc) is 2.70. The number of aryl methyl sites for hydroxylation is 1. The molecule has 0 nitrogen and oxygen atoms in total. The van der Waals surface area contributed by atoms with Gasteiger partial charge in [0.05, 0.1) is 0 Å². The summed E-state index contributed by atoms with van der Waals surface area (Å²) in [5, 5.41) is 8.37. The van der Waals surface area contributed by atoms with Crippen LogP contribution in [0.15, 0.2) is 91.5 Å². The van der Waals surface area contributed by atoms with E-state index in [-0.39, 0.29) is 0 Å². The molecule has 1 heteroatoms. The first kappa shape index (κ1) is 17.0. The molecule has 0 spiro atoms. The van der Waals surface area contributed by atoms with Crippen molar-refractivity contribution in [2.45, 2.75) is 19.3 Å². The molecule has 128 valence electrons. The Bertz CT molecular complexity index is 1060. The van der Waals surface area contributed by atoms with Crippen molar-refractivity contribution in [2.24, 2.45) is 0 Å². The molecule has 4 aromatic carbocycles. The van der Waals surface area contributed by atoms with Crippen molar-refractivity contribution in [3.05, 3.63) is 97.1 Å². The SMILES string of the molecule is C=CCCCc1ccc2ccccc2c1Pc1cccc2ccccc12. The molecule has 1 atom stereocenters. The Balaban J connectivity index is 1.82. The van der Waals surface area contributed by atoms with Crippen LogP contribution in [0.5, 0.6) is 0 Å². The summed E-state index contributed by atoms with van der Waals surface area (Å²) in [6, 6.07) is 28.8. The molecule has 0 saturated heterocycles. The van der Waals surface area contributed by atoms with E-state index in [0.717, 1.165) is 19.3 Å². The Morgan fingerprint density at radius 3 is 2.23 bits per heavy atom. The first-order chi connectivity index (χ1) is 12.9. The standard InChI is InChI=1S/C25H23P/c1-2-3-4-12-21-18-17-20-11-6-8-15-23(20)25(21)26-24-16-9-13-19-10-5-7-14-22(19)24/h2,5-11,13-18,26H,1,3-4,12H2. The molecule has 4 rings (SSSR count). The van der Waals surface area contributed by atoms with Crippen molar-refractivity contribution in [3.8, 4) is 0 Å². The third-order valence-corrected chi connectivity index (χ3v) is 6.46. The second-order valence-corrected chi connectivity index (χ2v) is 7.94. The largest absolute Gasteiger partial charge is 0.103 e. The fourth-order valence-electron chi connectivity index (χ4n) is 3.58. The minimum atomic E-state index is 0.669. The van der Waals surface area contributed by atoms with E-state index in [1.807, 2.05) is 6.08 Å². The molecular formula is C25H23P. The smallest absolute Gasteiger partial charge is 0.0104 e. The number of hydrogen-bond acceptors (Lipinski definition) is 0. The summed E-state index contributed by atoms with van der Waals surface area (Å²) in [5.74, 6) is 0. The number of allylic oxidation sites excluding steroid dienone is 1. The minimum absolute atomic E-state index is 0.669. The van der Waals surface area contributed by atoms with E-state index >= 15 is 0 Å². The van der Waals surface area contributed by atoms with E-state index in [9.17, 15) is 0 Å². The zero-order valence-electron chi connectivity index (χ0n) is 14.9. The quantitative estimate of drug-likeness (QED) is 0.222. The summed E-state index contributed by atoms with van der Waals surface area (Å²) in [5.41, 5.74) is 1.48. The van der Waals surface area contributed by atoms with Crippen molar-refractivity contribution < 1.29 is 0 Å². The van der Waals surface area contributed by atoms with Gasteiger partial charge in [0.25, 0.3) is 0 Å². The number of unbranched alkanes of at least 4 members (excludes halogenated alkanes) is 1. The van der Waals surface area contributed by atoms with E-state index in [2.05, 4.69) is 85.4 Å². The van der Waals surface area contributed by atoms with Crippen LogP contribution in [0.1, 0.15) is 18.4 Å². The summed E-state index contributed by atoms with van der Waals surface area (Å²) in [4.78, 5) is 0. The minimum Gasteiger partial charge on any atom is -0.103 e. The van der Waals surface area contributed by atoms with Crippen molar-refractivity contribution in [1.82, 2.24) is 0 Å². The van der Waals surface area contributed by atoms with Crippen LogP contribution in [0.4, 0.5) is 0 Å². The molecule has 0 radical (unpaired) electrons. The zero-order chi connectivity index (χ0) is 17.8. The highest BCUT2D eigenvalue weighted by Crippen LogP contribution is 2.26. The van der Waals surface area contributed by atoms with Crippen LogP contribution in [0.3, 0.4) is 0 Å². The molecule has 0 heterocycles. The van der Waals surface area contributed by atoms with Gasteiger partial charge in [-0.05, 0) is 57.0 Å². The number of benzene rings is 4. The van der Waals surface area contributed by atoms with E-state index in [4.69, 9.17) is 0 Å². The van der Waals surface area contributed by atoms with Gasteiger partial charge in [0.2, 0.25) is 0 Å².